The summed E-state index contributed by atoms with van der Waals surface area (Å²) in [6.45, 7) is 1.26. The predicted molar refractivity (Wildman–Crippen MR) is 95.2 cm³/mol. The molecular formula is C17H18FN7O2. The summed E-state index contributed by atoms with van der Waals surface area (Å²) < 4.78 is 14.4. The lowest BCUT2D eigenvalue weighted by Crippen LogP contribution is -2.29. The van der Waals surface area contributed by atoms with Crippen LogP contribution in [0.15, 0.2) is 30.9 Å². The van der Waals surface area contributed by atoms with Crippen LogP contribution in [0.1, 0.15) is 28.8 Å². The van der Waals surface area contributed by atoms with Crippen LogP contribution >= 0.6 is 0 Å². The maximum Gasteiger partial charge on any atom is 0.263 e. The van der Waals surface area contributed by atoms with E-state index in [-0.39, 0.29) is 17.0 Å². The normalized spacial score (nSPS) is 17.5. The molecule has 4 N–H and O–H groups in total. The second-order valence-corrected chi connectivity index (χ2v) is 6.38. The van der Waals surface area contributed by atoms with Crippen molar-refractivity contribution >= 4 is 23.1 Å². The number of nitrogen functional groups attached to an aromatic ring is 1. The molecule has 0 aliphatic carbocycles. The van der Waals surface area contributed by atoms with Crippen molar-refractivity contribution in [2.45, 2.75) is 25.6 Å². The van der Waals surface area contributed by atoms with Crippen LogP contribution in [0.5, 0.6) is 0 Å². The van der Waals surface area contributed by atoms with Crippen molar-refractivity contribution in [3.05, 3.63) is 47.8 Å². The van der Waals surface area contributed by atoms with Crippen molar-refractivity contribution in [1.82, 2.24) is 24.5 Å². The van der Waals surface area contributed by atoms with E-state index in [0.29, 0.717) is 12.2 Å². The Labute approximate surface area is 153 Å². The van der Waals surface area contributed by atoms with Gasteiger partial charge in [-0.25, -0.2) is 13.9 Å². The van der Waals surface area contributed by atoms with Crippen molar-refractivity contribution in [3.8, 4) is 0 Å². The van der Waals surface area contributed by atoms with Crippen LogP contribution in [0.3, 0.4) is 0 Å². The minimum absolute atomic E-state index is 0.0500. The van der Waals surface area contributed by atoms with Crippen molar-refractivity contribution in [2.75, 3.05) is 17.6 Å². The SMILES string of the molecule is Nc1nn2cc(F)cnc2c1C(=O)Nc1cnccc1CN1CCCC1O. The Balaban J connectivity index is 1.61. The molecule has 0 bridgehead atoms. The molecule has 9 nitrogen and oxygen atoms in total. The molecule has 1 unspecified atom stereocenters. The number of carbonyl (C=O) groups excluding carboxylic acids is 1. The van der Waals surface area contributed by atoms with Gasteiger partial charge in [0.05, 0.1) is 24.3 Å². The van der Waals surface area contributed by atoms with Crippen LogP contribution in [0.4, 0.5) is 15.9 Å². The maximum atomic E-state index is 13.3. The highest BCUT2D eigenvalue weighted by molar-refractivity contribution is 6.11. The van der Waals surface area contributed by atoms with Crippen LogP contribution in [0.25, 0.3) is 5.65 Å². The monoisotopic (exact) mass is 371 g/mol. The Bertz CT molecular complexity index is 1010. The Hall–Kier alpha value is -3.11. The van der Waals surface area contributed by atoms with Gasteiger partial charge in [-0.3, -0.25) is 14.7 Å². The van der Waals surface area contributed by atoms with Gasteiger partial charge in [-0.15, -0.1) is 5.10 Å². The van der Waals surface area contributed by atoms with Crippen molar-refractivity contribution in [1.29, 1.82) is 0 Å². The van der Waals surface area contributed by atoms with Gasteiger partial charge in [-0.2, -0.15) is 0 Å². The number of aliphatic hydroxyl groups is 1. The number of carbonyl (C=O) groups is 1. The van der Waals surface area contributed by atoms with Crippen LogP contribution in [-0.4, -0.2) is 48.3 Å². The molecule has 1 saturated heterocycles. The number of pyridine rings is 1. The standard InChI is InChI=1S/C17H18FN7O2/c18-11-6-21-16-14(15(19)23-25(16)9-11)17(27)22-12-7-20-4-3-10(12)8-24-5-1-2-13(24)26/h3-4,6-7,9,13,26H,1-2,5,8H2,(H2,19,23)(H,22,27). The minimum Gasteiger partial charge on any atom is -0.381 e. The average Bonchev–Trinajstić information content (AvgIpc) is 3.18. The lowest BCUT2D eigenvalue weighted by molar-refractivity contribution is 0.0329. The van der Waals surface area contributed by atoms with Gasteiger partial charge >= 0.3 is 0 Å². The first-order valence-electron chi connectivity index (χ1n) is 8.48. The number of aliphatic hydroxyl groups excluding tert-OH is 1. The summed E-state index contributed by atoms with van der Waals surface area (Å²) in [5.74, 6) is -1.15. The maximum absolute atomic E-state index is 13.3. The topological polar surface area (TPSA) is 122 Å². The number of aromatic nitrogens is 4. The van der Waals surface area contributed by atoms with E-state index in [1.165, 1.54) is 6.20 Å². The first-order valence-corrected chi connectivity index (χ1v) is 8.48. The van der Waals surface area contributed by atoms with Crippen LogP contribution in [0, 0.1) is 5.82 Å². The number of nitrogens with one attached hydrogen (secondary N) is 1. The third-order valence-electron chi connectivity index (χ3n) is 4.56. The first-order chi connectivity index (χ1) is 13.0. The molecule has 1 aliphatic rings. The third kappa shape index (κ3) is 3.32. The van der Waals surface area contributed by atoms with Gasteiger partial charge < -0.3 is 16.2 Å². The molecule has 1 amide bonds. The summed E-state index contributed by atoms with van der Waals surface area (Å²) in [4.78, 5) is 22.7. The molecule has 3 aromatic rings. The second-order valence-electron chi connectivity index (χ2n) is 6.38. The van der Waals surface area contributed by atoms with Gasteiger partial charge in [0.15, 0.2) is 17.3 Å². The van der Waals surface area contributed by atoms with Crippen molar-refractivity contribution < 1.29 is 14.3 Å². The molecule has 4 rings (SSSR count). The zero-order valence-corrected chi connectivity index (χ0v) is 14.3. The van der Waals surface area contributed by atoms with E-state index in [0.717, 1.165) is 41.9 Å². The van der Waals surface area contributed by atoms with Crippen molar-refractivity contribution in [3.63, 3.8) is 0 Å². The van der Waals surface area contributed by atoms with E-state index < -0.39 is 18.0 Å². The molecule has 140 valence electrons. The van der Waals surface area contributed by atoms with Crippen LogP contribution in [0.2, 0.25) is 0 Å². The molecule has 0 saturated carbocycles. The lowest BCUT2D eigenvalue weighted by Gasteiger charge is -2.21. The molecule has 1 atom stereocenters. The molecule has 1 fully saturated rings. The minimum atomic E-state index is -0.587. The van der Waals surface area contributed by atoms with Gasteiger partial charge in [-0.05, 0) is 24.5 Å². The Morgan fingerprint density at radius 1 is 1.44 bits per heavy atom. The Kier molecular flexibility index (Phi) is 4.42. The molecular weight excluding hydrogens is 353 g/mol. The highest BCUT2D eigenvalue weighted by Gasteiger charge is 2.24. The fraction of sp³-hybridized carbons (Fsp3) is 0.294. The zero-order chi connectivity index (χ0) is 19.0. The largest absolute Gasteiger partial charge is 0.381 e. The number of nitrogens with zero attached hydrogens (tertiary/aromatic N) is 5. The van der Waals surface area contributed by atoms with Gasteiger partial charge in [0.2, 0.25) is 0 Å². The summed E-state index contributed by atoms with van der Waals surface area (Å²) in [7, 11) is 0. The number of nitrogens with two attached hydrogens (primary N) is 1. The highest BCUT2D eigenvalue weighted by Crippen LogP contribution is 2.24. The van der Waals surface area contributed by atoms with E-state index in [1.54, 1.807) is 12.3 Å². The molecule has 0 aromatic carbocycles. The predicted octanol–water partition coefficient (Wildman–Crippen LogP) is 1.01. The summed E-state index contributed by atoms with van der Waals surface area (Å²) in [5.41, 5.74) is 7.37. The summed E-state index contributed by atoms with van der Waals surface area (Å²) in [6, 6.07) is 1.79. The summed E-state index contributed by atoms with van der Waals surface area (Å²) in [5, 5.41) is 16.7. The molecule has 4 heterocycles. The number of rotatable bonds is 4. The Morgan fingerprint density at radius 3 is 3.07 bits per heavy atom. The van der Waals surface area contributed by atoms with Gasteiger partial charge in [0.25, 0.3) is 5.91 Å². The summed E-state index contributed by atoms with van der Waals surface area (Å²) >= 11 is 0. The molecule has 1 aliphatic heterocycles. The number of hydrogen-bond acceptors (Lipinski definition) is 7. The molecule has 10 heteroatoms. The number of anilines is 2. The van der Waals surface area contributed by atoms with Crippen LogP contribution < -0.4 is 11.1 Å². The zero-order valence-electron chi connectivity index (χ0n) is 14.3. The number of fused-ring (bicyclic) bond motifs is 1. The van der Waals surface area contributed by atoms with Gasteiger partial charge in [0.1, 0.15) is 11.8 Å². The second kappa shape index (κ2) is 6.89. The fourth-order valence-electron chi connectivity index (χ4n) is 3.22. The molecule has 0 spiro atoms. The Morgan fingerprint density at radius 2 is 2.30 bits per heavy atom. The van der Waals surface area contributed by atoms with Crippen molar-refractivity contribution in [2.24, 2.45) is 0 Å². The summed E-state index contributed by atoms with van der Waals surface area (Å²) in [6.07, 6.45) is 6.42. The number of amides is 1. The third-order valence-corrected chi connectivity index (χ3v) is 4.56. The molecule has 3 aromatic heterocycles. The average molecular weight is 371 g/mol. The van der Waals surface area contributed by atoms with E-state index in [4.69, 9.17) is 5.73 Å². The molecule has 27 heavy (non-hydrogen) atoms. The van der Waals surface area contributed by atoms with Gasteiger partial charge in [-0.1, -0.05) is 0 Å². The number of likely N-dealkylation sites (tertiary alicyclic amines) is 1. The van der Waals surface area contributed by atoms with E-state index in [2.05, 4.69) is 20.4 Å². The first kappa shape index (κ1) is 17.3. The highest BCUT2D eigenvalue weighted by atomic mass is 19.1. The quantitative estimate of drug-likeness (QED) is 0.626. The van der Waals surface area contributed by atoms with E-state index in [1.807, 2.05) is 4.90 Å². The number of hydrogen-bond donors (Lipinski definition) is 3. The smallest absolute Gasteiger partial charge is 0.263 e. The molecule has 0 radical (unpaired) electrons. The fourth-order valence-corrected chi connectivity index (χ4v) is 3.22. The van der Waals surface area contributed by atoms with Crippen LogP contribution in [-0.2, 0) is 6.54 Å². The van der Waals surface area contributed by atoms with E-state index >= 15 is 0 Å². The van der Waals surface area contributed by atoms with Gasteiger partial charge in [0, 0.05) is 19.3 Å². The number of halogens is 1. The lowest BCUT2D eigenvalue weighted by atomic mass is 10.2. The van der Waals surface area contributed by atoms with E-state index in [9.17, 15) is 14.3 Å².